The average Bonchev–Trinajstić information content (AvgIpc) is 2.31. The predicted molar refractivity (Wildman–Crippen MR) is 63.1 cm³/mol. The number of rotatable bonds is 5. The molecule has 0 bridgehead atoms. The molecule has 0 heterocycles. The fourth-order valence-electron chi connectivity index (χ4n) is 1.49. The maximum absolute atomic E-state index is 12.1. The molecule has 8 heteroatoms. The standard InChI is InChI=1S/C12H14F3NO4/c1-2-19-11(18)9(16)6-7-5-8(3-4-10(7)17)20-12(13,14)15/h3-5,9,17H,2,6,16H2,1H3. The van der Waals surface area contributed by atoms with Gasteiger partial charge in [0.1, 0.15) is 17.5 Å². The van der Waals surface area contributed by atoms with E-state index in [4.69, 9.17) is 5.73 Å². The van der Waals surface area contributed by atoms with Crippen LogP contribution in [-0.2, 0) is 16.0 Å². The van der Waals surface area contributed by atoms with E-state index in [0.717, 1.165) is 18.2 Å². The summed E-state index contributed by atoms with van der Waals surface area (Å²) in [7, 11) is 0. The lowest BCUT2D eigenvalue weighted by molar-refractivity contribution is -0.274. The van der Waals surface area contributed by atoms with Crippen molar-refractivity contribution in [2.45, 2.75) is 25.7 Å². The molecule has 5 nitrogen and oxygen atoms in total. The number of hydrogen-bond donors (Lipinski definition) is 2. The topological polar surface area (TPSA) is 81.8 Å². The number of esters is 1. The number of phenols is 1. The van der Waals surface area contributed by atoms with Gasteiger partial charge in [-0.25, -0.2) is 0 Å². The van der Waals surface area contributed by atoms with Crippen LogP contribution in [0.15, 0.2) is 18.2 Å². The highest BCUT2D eigenvalue weighted by Crippen LogP contribution is 2.28. The summed E-state index contributed by atoms with van der Waals surface area (Å²) in [6.07, 6.45) is -5.00. The summed E-state index contributed by atoms with van der Waals surface area (Å²) < 4.78 is 44.6. The van der Waals surface area contributed by atoms with Crippen LogP contribution in [0.5, 0.6) is 11.5 Å². The molecule has 0 aliphatic heterocycles. The van der Waals surface area contributed by atoms with E-state index in [9.17, 15) is 23.1 Å². The lowest BCUT2D eigenvalue weighted by Crippen LogP contribution is -2.34. The molecule has 20 heavy (non-hydrogen) atoms. The van der Waals surface area contributed by atoms with Crippen LogP contribution >= 0.6 is 0 Å². The predicted octanol–water partition coefficient (Wildman–Crippen LogP) is 1.72. The van der Waals surface area contributed by atoms with E-state index < -0.39 is 24.1 Å². The first kappa shape index (κ1) is 16.1. The van der Waals surface area contributed by atoms with Crippen LogP contribution in [0.2, 0.25) is 0 Å². The number of hydrogen-bond acceptors (Lipinski definition) is 5. The molecule has 112 valence electrons. The van der Waals surface area contributed by atoms with Crippen molar-refractivity contribution in [2.24, 2.45) is 5.73 Å². The van der Waals surface area contributed by atoms with Gasteiger partial charge in [0.2, 0.25) is 0 Å². The first-order valence-corrected chi connectivity index (χ1v) is 5.72. The second-order valence-electron chi connectivity index (χ2n) is 3.90. The Morgan fingerprint density at radius 1 is 1.45 bits per heavy atom. The zero-order chi connectivity index (χ0) is 15.3. The van der Waals surface area contributed by atoms with Crippen LogP contribution in [0.4, 0.5) is 13.2 Å². The number of carbonyl (C=O) groups excluding carboxylic acids is 1. The van der Waals surface area contributed by atoms with Gasteiger partial charge in [-0.3, -0.25) is 4.79 Å². The Morgan fingerprint density at radius 2 is 2.10 bits per heavy atom. The van der Waals surface area contributed by atoms with Gasteiger partial charge in [0, 0.05) is 6.42 Å². The quantitative estimate of drug-likeness (QED) is 0.808. The van der Waals surface area contributed by atoms with Gasteiger partial charge in [-0.15, -0.1) is 13.2 Å². The van der Waals surface area contributed by atoms with Crippen LogP contribution in [-0.4, -0.2) is 30.1 Å². The van der Waals surface area contributed by atoms with E-state index in [-0.39, 0.29) is 24.3 Å². The van der Waals surface area contributed by atoms with Crippen molar-refractivity contribution in [1.29, 1.82) is 0 Å². The molecule has 0 fully saturated rings. The van der Waals surface area contributed by atoms with Crippen molar-refractivity contribution in [2.75, 3.05) is 6.61 Å². The van der Waals surface area contributed by atoms with Gasteiger partial charge in [0.15, 0.2) is 0 Å². The molecule has 0 aliphatic carbocycles. The number of nitrogens with two attached hydrogens (primary N) is 1. The Hall–Kier alpha value is -1.96. The molecule has 1 aromatic rings. The Bertz CT molecular complexity index is 476. The van der Waals surface area contributed by atoms with E-state index in [1.807, 2.05) is 0 Å². The number of carbonyl (C=O) groups is 1. The molecular formula is C12H14F3NO4. The maximum atomic E-state index is 12.1. The number of halogens is 3. The van der Waals surface area contributed by atoms with Crippen LogP contribution in [0.3, 0.4) is 0 Å². The van der Waals surface area contributed by atoms with Crippen LogP contribution < -0.4 is 10.5 Å². The molecule has 0 aliphatic rings. The second kappa shape index (κ2) is 6.47. The minimum absolute atomic E-state index is 0.0623. The maximum Gasteiger partial charge on any atom is 0.573 e. The van der Waals surface area contributed by atoms with Crippen molar-refractivity contribution in [3.8, 4) is 11.5 Å². The van der Waals surface area contributed by atoms with Gasteiger partial charge < -0.3 is 20.3 Å². The number of benzene rings is 1. The molecule has 0 spiro atoms. The number of aromatic hydroxyl groups is 1. The third-order valence-corrected chi connectivity index (χ3v) is 2.31. The summed E-state index contributed by atoms with van der Waals surface area (Å²) in [5.41, 5.74) is 5.60. The molecule has 1 rings (SSSR count). The van der Waals surface area contributed by atoms with Gasteiger partial charge in [-0.2, -0.15) is 0 Å². The minimum atomic E-state index is -4.84. The van der Waals surface area contributed by atoms with Crippen LogP contribution in [0, 0.1) is 0 Å². The van der Waals surface area contributed by atoms with E-state index in [1.165, 1.54) is 0 Å². The van der Waals surface area contributed by atoms with Gasteiger partial charge in [0.25, 0.3) is 0 Å². The lowest BCUT2D eigenvalue weighted by Gasteiger charge is -2.14. The molecule has 1 unspecified atom stereocenters. The highest BCUT2D eigenvalue weighted by Gasteiger charge is 2.31. The number of alkyl halides is 3. The van der Waals surface area contributed by atoms with Crippen molar-refractivity contribution in [3.05, 3.63) is 23.8 Å². The molecule has 0 radical (unpaired) electrons. The largest absolute Gasteiger partial charge is 0.573 e. The smallest absolute Gasteiger partial charge is 0.508 e. The van der Waals surface area contributed by atoms with Crippen molar-refractivity contribution >= 4 is 5.97 Å². The van der Waals surface area contributed by atoms with E-state index >= 15 is 0 Å². The molecule has 0 saturated heterocycles. The highest BCUT2D eigenvalue weighted by atomic mass is 19.4. The van der Waals surface area contributed by atoms with Crippen molar-refractivity contribution < 1.29 is 32.5 Å². The van der Waals surface area contributed by atoms with E-state index in [1.54, 1.807) is 6.92 Å². The number of ether oxygens (including phenoxy) is 2. The number of phenolic OH excluding ortho intramolecular Hbond substituents is 1. The van der Waals surface area contributed by atoms with Crippen LogP contribution in [0.1, 0.15) is 12.5 Å². The fourth-order valence-corrected chi connectivity index (χ4v) is 1.49. The third kappa shape index (κ3) is 4.96. The third-order valence-electron chi connectivity index (χ3n) is 2.31. The van der Waals surface area contributed by atoms with Crippen LogP contribution in [0.25, 0.3) is 0 Å². The van der Waals surface area contributed by atoms with E-state index in [2.05, 4.69) is 9.47 Å². The Morgan fingerprint density at radius 3 is 2.65 bits per heavy atom. The van der Waals surface area contributed by atoms with Crippen molar-refractivity contribution in [3.63, 3.8) is 0 Å². The molecule has 0 saturated carbocycles. The summed E-state index contributed by atoms with van der Waals surface area (Å²) in [4.78, 5) is 11.3. The van der Waals surface area contributed by atoms with Gasteiger partial charge in [-0.05, 0) is 30.7 Å². The van der Waals surface area contributed by atoms with Gasteiger partial charge in [0.05, 0.1) is 6.61 Å². The van der Waals surface area contributed by atoms with E-state index in [0.29, 0.717) is 0 Å². The normalized spacial score (nSPS) is 12.8. The molecule has 3 N–H and O–H groups in total. The van der Waals surface area contributed by atoms with Gasteiger partial charge in [-0.1, -0.05) is 0 Å². The molecule has 0 amide bonds. The molecule has 1 aromatic carbocycles. The summed E-state index contributed by atoms with van der Waals surface area (Å²) >= 11 is 0. The zero-order valence-electron chi connectivity index (χ0n) is 10.6. The zero-order valence-corrected chi connectivity index (χ0v) is 10.6. The second-order valence-corrected chi connectivity index (χ2v) is 3.90. The Balaban J connectivity index is 2.84. The summed E-state index contributed by atoms with van der Waals surface area (Å²) in [5, 5.41) is 9.55. The summed E-state index contributed by atoms with van der Waals surface area (Å²) in [6.45, 7) is 1.73. The highest BCUT2D eigenvalue weighted by molar-refractivity contribution is 5.76. The minimum Gasteiger partial charge on any atom is -0.508 e. The Labute approximate surface area is 113 Å². The fraction of sp³-hybridized carbons (Fsp3) is 0.417. The molecular weight excluding hydrogens is 279 g/mol. The summed E-state index contributed by atoms with van der Waals surface area (Å²) in [5.74, 6) is -1.48. The average molecular weight is 293 g/mol. The first-order chi connectivity index (χ1) is 9.23. The summed E-state index contributed by atoms with van der Waals surface area (Å²) in [6, 6.07) is 1.89. The lowest BCUT2D eigenvalue weighted by atomic mass is 10.1. The van der Waals surface area contributed by atoms with Gasteiger partial charge >= 0.3 is 12.3 Å². The molecule has 0 aromatic heterocycles. The molecule has 1 atom stereocenters. The SMILES string of the molecule is CCOC(=O)C(N)Cc1cc(OC(F)(F)F)ccc1O. The van der Waals surface area contributed by atoms with Crippen molar-refractivity contribution in [1.82, 2.24) is 0 Å². The first-order valence-electron chi connectivity index (χ1n) is 5.72. The Kier molecular flexibility index (Phi) is 5.20. The monoisotopic (exact) mass is 293 g/mol.